The number of benzene rings is 2. The van der Waals surface area contributed by atoms with Crippen LogP contribution in [-0.2, 0) is 32.3 Å². The second-order valence-electron chi connectivity index (χ2n) is 20.8. The van der Waals surface area contributed by atoms with Gasteiger partial charge in [-0.2, -0.15) is 18.3 Å². The number of hydrogen-bond donors (Lipinski definition) is 3. The molecule has 3 amide bonds. The van der Waals surface area contributed by atoms with Gasteiger partial charge in [0.25, 0.3) is 5.56 Å². The van der Waals surface area contributed by atoms with Crippen LogP contribution in [0.4, 0.5) is 18.0 Å². The van der Waals surface area contributed by atoms with Gasteiger partial charge in [-0.3, -0.25) is 19.3 Å². The lowest BCUT2D eigenvalue weighted by atomic mass is 9.89. The van der Waals surface area contributed by atoms with Gasteiger partial charge >= 0.3 is 24.1 Å². The van der Waals surface area contributed by atoms with Crippen LogP contribution in [0.2, 0.25) is 0 Å². The lowest BCUT2D eigenvalue weighted by molar-refractivity contribution is -0.192. The van der Waals surface area contributed by atoms with Crippen molar-refractivity contribution in [2.45, 2.75) is 167 Å². The number of aliphatic carboxylic acids is 1. The number of aryl methyl sites for hydroxylation is 1. The molecule has 412 valence electrons. The van der Waals surface area contributed by atoms with Crippen LogP contribution in [0.3, 0.4) is 0 Å². The third-order valence-electron chi connectivity index (χ3n) is 15.0. The number of likely N-dealkylation sites (tertiary alicyclic amines) is 2. The Kier molecular flexibility index (Phi) is 23.0. The van der Waals surface area contributed by atoms with Crippen LogP contribution in [0, 0.1) is 6.92 Å². The van der Waals surface area contributed by atoms with Crippen molar-refractivity contribution >= 4 is 45.7 Å². The molecule has 1 unspecified atom stereocenters. The van der Waals surface area contributed by atoms with E-state index in [-0.39, 0.29) is 36.1 Å². The number of esters is 1. The molecule has 5 heterocycles. The number of carboxylic acids is 1. The Bertz CT molecular complexity index is 2540. The molecule has 4 aromatic rings. The van der Waals surface area contributed by atoms with Gasteiger partial charge < -0.3 is 34.8 Å². The molecule has 3 N–H and O–H groups in total. The molecule has 0 radical (unpaired) electrons. The minimum absolute atomic E-state index is 0.0417. The number of fused-ring (bicyclic) bond motifs is 2. The quantitative estimate of drug-likeness (QED) is 0.0369. The Morgan fingerprint density at radius 2 is 1.44 bits per heavy atom. The Balaban J connectivity index is 0.00000122. The molecule has 0 spiro atoms. The Hall–Kier alpha value is -5.75. The monoisotopic (exact) mass is 1050 g/mol. The minimum atomic E-state index is -5.08. The summed E-state index contributed by atoms with van der Waals surface area (Å²) in [5, 5.41) is 16.9. The Morgan fingerprint density at radius 1 is 0.813 bits per heavy atom. The molecular formula is C57H81F3N8O7. The van der Waals surface area contributed by atoms with Crippen LogP contribution in [-0.4, -0.2) is 141 Å². The fourth-order valence-corrected chi connectivity index (χ4v) is 10.6. The third kappa shape index (κ3) is 18.5. The van der Waals surface area contributed by atoms with Gasteiger partial charge in [0.2, 0.25) is 5.91 Å². The number of piperidine rings is 2. The van der Waals surface area contributed by atoms with Gasteiger partial charge in [0.1, 0.15) is 6.04 Å². The maximum absolute atomic E-state index is 14.5. The van der Waals surface area contributed by atoms with Crippen LogP contribution in [0.5, 0.6) is 0 Å². The summed E-state index contributed by atoms with van der Waals surface area (Å²) in [5.41, 5.74) is 4.19. The zero-order chi connectivity index (χ0) is 53.7. The number of pyridine rings is 1. The van der Waals surface area contributed by atoms with Gasteiger partial charge in [0.05, 0.1) is 5.52 Å². The first kappa shape index (κ1) is 58.5. The van der Waals surface area contributed by atoms with Crippen molar-refractivity contribution in [3.8, 4) is 0 Å². The highest BCUT2D eigenvalue weighted by Crippen LogP contribution is 2.28. The predicted octanol–water partition coefficient (Wildman–Crippen LogP) is 10.1. The highest BCUT2D eigenvalue weighted by Gasteiger charge is 2.38. The second-order valence-corrected chi connectivity index (χ2v) is 20.8. The molecule has 7 rings (SSSR count). The summed E-state index contributed by atoms with van der Waals surface area (Å²) in [5.74, 6) is -2.99. The predicted molar refractivity (Wildman–Crippen MR) is 287 cm³/mol. The zero-order valence-electron chi connectivity index (χ0n) is 44.5. The number of amides is 3. The van der Waals surface area contributed by atoms with Gasteiger partial charge in [-0.05, 0) is 125 Å². The summed E-state index contributed by atoms with van der Waals surface area (Å²) >= 11 is 0. The summed E-state index contributed by atoms with van der Waals surface area (Å²) in [6, 6.07) is 13.4. The number of carbonyl (C=O) groups excluding carboxylic acids is 3. The number of aromatic amines is 1. The van der Waals surface area contributed by atoms with E-state index < -0.39 is 18.2 Å². The van der Waals surface area contributed by atoms with E-state index in [0.717, 1.165) is 103 Å². The number of carbonyl (C=O) groups is 4. The zero-order valence-corrected chi connectivity index (χ0v) is 44.5. The number of nitrogens with zero attached hydrogens (tertiary/aromatic N) is 6. The number of hydrogen-bond acceptors (Lipinski definition) is 9. The van der Waals surface area contributed by atoms with Gasteiger partial charge in [0.15, 0.2) is 6.73 Å². The van der Waals surface area contributed by atoms with E-state index in [9.17, 15) is 32.3 Å². The van der Waals surface area contributed by atoms with Gasteiger partial charge in [-0.25, -0.2) is 14.3 Å². The molecule has 75 heavy (non-hydrogen) atoms. The molecule has 18 heteroatoms. The number of para-hydroxylation sites is 1. The number of rotatable bonds is 23. The molecule has 0 saturated carbocycles. The van der Waals surface area contributed by atoms with Crippen LogP contribution < -0.4 is 10.9 Å². The topological polar surface area (TPSA) is 173 Å². The lowest BCUT2D eigenvalue weighted by Crippen LogP contribution is -2.59. The summed E-state index contributed by atoms with van der Waals surface area (Å²) < 4.78 is 39.1. The number of alkyl halides is 3. The molecular weight excluding hydrogens is 966 g/mol. The van der Waals surface area contributed by atoms with Crippen molar-refractivity contribution in [2.24, 2.45) is 0 Å². The Labute approximate surface area is 440 Å². The number of allylic oxidation sites excluding steroid dienone is 2. The van der Waals surface area contributed by atoms with Crippen molar-refractivity contribution in [1.82, 2.24) is 39.7 Å². The molecule has 0 bridgehead atoms. The maximum Gasteiger partial charge on any atom is 0.490 e. The lowest BCUT2D eigenvalue weighted by Gasteiger charge is -2.43. The smallest absolute Gasteiger partial charge is 0.475 e. The highest BCUT2D eigenvalue weighted by atomic mass is 19.4. The maximum atomic E-state index is 14.5. The summed E-state index contributed by atoms with van der Waals surface area (Å²) in [6.07, 6.45) is 21.6. The van der Waals surface area contributed by atoms with Crippen molar-refractivity contribution < 1.29 is 42.2 Å². The third-order valence-corrected chi connectivity index (χ3v) is 15.0. The van der Waals surface area contributed by atoms with E-state index in [0.29, 0.717) is 57.9 Å². The number of ether oxygens (including phenoxy) is 1. The molecule has 3 fully saturated rings. The first-order chi connectivity index (χ1) is 36.1. The standard InChI is InChI=1S/C55H80N8O5.C2HF3O2/c1-4-5-6-7-8-9-10-11-12-13-14-15-16-17-18-23-51(64)68-41-63-40-46-37-43(36-42(2)52(46)58-63)38-50(54(66)61-34-32-60(33-35-61)47-26-28-59(3)29-27-47)57-55(67)62-30-24-44(25-31-62)48-39-45-21-19-20-22-49(45)56-53(48)65;3-2(4,5)1(6)7/h11-12,19-22,36-37,39-40,44,47,50H,4-10,13-18,23-35,38,41H2,1-3H3,(H,56,65)(H,57,67);(H,6,7)/b12-11+;. The molecule has 2 aromatic heterocycles. The summed E-state index contributed by atoms with van der Waals surface area (Å²) in [4.78, 5) is 74.9. The fraction of sp³-hybridized carbons (Fsp3) is 0.614. The normalized spacial score (nSPS) is 16.8. The first-order valence-electron chi connectivity index (χ1n) is 27.6. The average molecular weight is 1050 g/mol. The first-order valence-corrected chi connectivity index (χ1v) is 27.6. The number of urea groups is 1. The largest absolute Gasteiger partial charge is 0.490 e. The number of carboxylic acid groups (broad SMARTS) is 1. The van der Waals surface area contributed by atoms with Crippen molar-refractivity contribution in [3.63, 3.8) is 0 Å². The Morgan fingerprint density at radius 3 is 2.09 bits per heavy atom. The minimum Gasteiger partial charge on any atom is -0.475 e. The summed E-state index contributed by atoms with van der Waals surface area (Å²) in [7, 11) is 2.18. The van der Waals surface area contributed by atoms with Crippen molar-refractivity contribution in [3.05, 3.63) is 87.9 Å². The number of piperazine rings is 1. The molecule has 15 nitrogen and oxygen atoms in total. The molecule has 3 saturated heterocycles. The number of aromatic nitrogens is 3. The number of H-pyrrole nitrogens is 1. The summed E-state index contributed by atoms with van der Waals surface area (Å²) in [6.45, 7) is 10.4. The average Bonchev–Trinajstić information content (AvgIpc) is 3.82. The van der Waals surface area contributed by atoms with E-state index in [1.165, 1.54) is 57.8 Å². The van der Waals surface area contributed by atoms with Gasteiger partial charge in [0, 0.05) is 80.8 Å². The molecule has 3 aliphatic rings. The van der Waals surface area contributed by atoms with Gasteiger partial charge in [-0.1, -0.05) is 94.7 Å². The molecule has 2 aromatic carbocycles. The van der Waals surface area contributed by atoms with Gasteiger partial charge in [-0.15, -0.1) is 0 Å². The van der Waals surface area contributed by atoms with E-state index in [4.69, 9.17) is 19.7 Å². The van der Waals surface area contributed by atoms with Crippen molar-refractivity contribution in [1.29, 1.82) is 0 Å². The van der Waals surface area contributed by atoms with Crippen molar-refractivity contribution in [2.75, 3.05) is 59.4 Å². The highest BCUT2D eigenvalue weighted by molar-refractivity contribution is 5.88. The van der Waals surface area contributed by atoms with E-state index in [1.54, 1.807) is 9.58 Å². The van der Waals surface area contributed by atoms with E-state index in [2.05, 4.69) is 52.3 Å². The molecule has 1 atom stereocenters. The van der Waals surface area contributed by atoms with Crippen LogP contribution in [0.1, 0.15) is 145 Å². The van der Waals surface area contributed by atoms with E-state index in [1.807, 2.05) is 54.4 Å². The van der Waals surface area contributed by atoms with Crippen LogP contribution in [0.25, 0.3) is 21.8 Å². The second kappa shape index (κ2) is 29.5. The molecule has 3 aliphatic heterocycles. The number of halogens is 3. The molecule has 0 aliphatic carbocycles. The fourth-order valence-electron chi connectivity index (χ4n) is 10.6. The SMILES string of the molecule is CCCCCCCC/C=C/CCCCCCCC(=O)OCn1cc2cc(CC(NC(=O)N3CCC(c4cc5ccccc5[nH]c4=O)CC3)C(=O)N3CCN(C4CCN(C)CC4)CC3)cc(C)c2n1.O=C(O)C(F)(F)F. The van der Waals surface area contributed by atoms with E-state index >= 15 is 0 Å². The van der Waals surface area contributed by atoms with Crippen LogP contribution >= 0.6 is 0 Å². The number of unbranched alkanes of at least 4 members (excludes halogenated alkanes) is 11. The number of nitrogens with one attached hydrogen (secondary N) is 2. The van der Waals surface area contributed by atoms with Crippen LogP contribution in [0.15, 0.2) is 65.6 Å².